The van der Waals surface area contributed by atoms with Gasteiger partial charge in [-0.3, -0.25) is 0 Å². The van der Waals surface area contributed by atoms with E-state index in [0.717, 1.165) is 37.3 Å². The fraction of sp³-hybridized carbons (Fsp3) is 0.333. The molecule has 18 heavy (non-hydrogen) atoms. The lowest BCUT2D eigenvalue weighted by Crippen LogP contribution is -2.30. The van der Waals surface area contributed by atoms with Gasteiger partial charge in [0.1, 0.15) is 11.6 Å². The van der Waals surface area contributed by atoms with Crippen LogP contribution in [0.4, 0.5) is 10.1 Å². The molecule has 3 heteroatoms. The largest absolute Gasteiger partial charge is 0.464 e. The second kappa shape index (κ2) is 4.84. The van der Waals surface area contributed by atoms with Crippen LogP contribution in [-0.4, -0.2) is 13.1 Å². The van der Waals surface area contributed by atoms with E-state index < -0.39 is 0 Å². The summed E-state index contributed by atoms with van der Waals surface area (Å²) in [6, 6.07) is 8.89. The molecule has 1 saturated heterocycles. The molecule has 1 aromatic carbocycles. The summed E-state index contributed by atoms with van der Waals surface area (Å²) in [5.41, 5.74) is 1.54. The average molecular weight is 245 g/mol. The second-order valence-corrected chi connectivity index (χ2v) is 4.66. The highest BCUT2D eigenvalue weighted by molar-refractivity contribution is 5.76. The lowest BCUT2D eigenvalue weighted by molar-refractivity contribution is 0.553. The SMILES string of the molecule is Fc1cccc(-c2ccco2)c1N1CCCCC1. The summed E-state index contributed by atoms with van der Waals surface area (Å²) in [5, 5.41) is 0. The summed E-state index contributed by atoms with van der Waals surface area (Å²) in [7, 11) is 0. The van der Waals surface area contributed by atoms with Crippen molar-refractivity contribution in [1.82, 2.24) is 0 Å². The molecule has 2 nitrogen and oxygen atoms in total. The molecule has 94 valence electrons. The van der Waals surface area contributed by atoms with Gasteiger partial charge in [-0.05, 0) is 43.5 Å². The Morgan fingerprint density at radius 1 is 1.00 bits per heavy atom. The van der Waals surface area contributed by atoms with Crippen LogP contribution in [0.5, 0.6) is 0 Å². The van der Waals surface area contributed by atoms with E-state index in [1.54, 1.807) is 12.3 Å². The first-order valence-corrected chi connectivity index (χ1v) is 6.43. The zero-order valence-corrected chi connectivity index (χ0v) is 10.2. The molecule has 0 saturated carbocycles. The second-order valence-electron chi connectivity index (χ2n) is 4.66. The van der Waals surface area contributed by atoms with Crippen LogP contribution in [0, 0.1) is 5.82 Å². The Morgan fingerprint density at radius 2 is 1.83 bits per heavy atom. The monoisotopic (exact) mass is 245 g/mol. The summed E-state index contributed by atoms with van der Waals surface area (Å²) in [6.45, 7) is 1.85. The normalized spacial score (nSPS) is 15.9. The van der Waals surface area contributed by atoms with E-state index in [1.807, 2.05) is 18.2 Å². The van der Waals surface area contributed by atoms with Crippen molar-refractivity contribution in [2.24, 2.45) is 0 Å². The molecule has 3 rings (SSSR count). The van der Waals surface area contributed by atoms with Gasteiger partial charge < -0.3 is 9.32 Å². The van der Waals surface area contributed by atoms with Gasteiger partial charge in [0, 0.05) is 18.7 Å². The molecule has 2 heterocycles. The van der Waals surface area contributed by atoms with Gasteiger partial charge in [0.15, 0.2) is 0 Å². The van der Waals surface area contributed by atoms with Gasteiger partial charge in [-0.1, -0.05) is 6.07 Å². The average Bonchev–Trinajstić information content (AvgIpc) is 2.93. The van der Waals surface area contributed by atoms with Crippen molar-refractivity contribution in [1.29, 1.82) is 0 Å². The van der Waals surface area contributed by atoms with Gasteiger partial charge >= 0.3 is 0 Å². The molecule has 2 aromatic rings. The molecule has 0 aliphatic carbocycles. The highest BCUT2D eigenvalue weighted by Gasteiger charge is 2.20. The first-order valence-electron chi connectivity index (χ1n) is 6.43. The minimum Gasteiger partial charge on any atom is -0.464 e. The standard InChI is InChI=1S/C15H16FNO/c16-13-7-4-6-12(14-8-5-11-18-14)15(13)17-9-2-1-3-10-17/h4-8,11H,1-3,9-10H2. The highest BCUT2D eigenvalue weighted by Crippen LogP contribution is 2.34. The van der Waals surface area contributed by atoms with Crippen LogP contribution >= 0.6 is 0 Å². The zero-order chi connectivity index (χ0) is 12.4. The maximum atomic E-state index is 14.1. The van der Waals surface area contributed by atoms with Crippen LogP contribution in [0.15, 0.2) is 41.0 Å². The maximum Gasteiger partial charge on any atom is 0.147 e. The van der Waals surface area contributed by atoms with Gasteiger partial charge in [-0.2, -0.15) is 0 Å². The molecule has 0 atom stereocenters. The molecule has 1 aromatic heterocycles. The molecule has 1 aliphatic heterocycles. The fourth-order valence-electron chi connectivity index (χ4n) is 2.58. The lowest BCUT2D eigenvalue weighted by atomic mass is 10.1. The number of nitrogens with zero attached hydrogens (tertiary/aromatic N) is 1. The smallest absolute Gasteiger partial charge is 0.147 e. The van der Waals surface area contributed by atoms with Gasteiger partial charge in [-0.25, -0.2) is 4.39 Å². The van der Waals surface area contributed by atoms with Crippen LogP contribution < -0.4 is 4.90 Å². The van der Waals surface area contributed by atoms with E-state index in [9.17, 15) is 4.39 Å². The Kier molecular flexibility index (Phi) is 3.05. The third kappa shape index (κ3) is 2.01. The summed E-state index contributed by atoms with van der Waals surface area (Å²) in [5.74, 6) is 0.570. The molecule has 0 unspecified atom stereocenters. The van der Waals surface area contributed by atoms with E-state index in [1.165, 1.54) is 12.5 Å². The number of furan rings is 1. The van der Waals surface area contributed by atoms with Crippen LogP contribution in [-0.2, 0) is 0 Å². The van der Waals surface area contributed by atoms with E-state index in [0.29, 0.717) is 5.69 Å². The maximum absolute atomic E-state index is 14.1. The molecule has 1 fully saturated rings. The molecule has 0 spiro atoms. The highest BCUT2D eigenvalue weighted by atomic mass is 19.1. The Morgan fingerprint density at radius 3 is 2.56 bits per heavy atom. The molecule has 0 N–H and O–H groups in total. The van der Waals surface area contributed by atoms with Gasteiger partial charge in [0.2, 0.25) is 0 Å². The summed E-state index contributed by atoms with van der Waals surface area (Å²) < 4.78 is 19.6. The van der Waals surface area contributed by atoms with Gasteiger partial charge in [-0.15, -0.1) is 0 Å². The number of hydrogen-bond acceptors (Lipinski definition) is 2. The van der Waals surface area contributed by atoms with Crippen molar-refractivity contribution in [2.45, 2.75) is 19.3 Å². The predicted molar refractivity (Wildman–Crippen MR) is 70.2 cm³/mol. The van der Waals surface area contributed by atoms with Crippen LogP contribution in [0.2, 0.25) is 0 Å². The molecular formula is C15H16FNO. The van der Waals surface area contributed by atoms with Crippen LogP contribution in [0.25, 0.3) is 11.3 Å². The summed E-state index contributed by atoms with van der Waals surface area (Å²) >= 11 is 0. The third-order valence-electron chi connectivity index (χ3n) is 3.45. The Balaban J connectivity index is 2.06. The first-order chi connectivity index (χ1) is 8.86. The van der Waals surface area contributed by atoms with E-state index in [2.05, 4.69) is 4.90 Å². The topological polar surface area (TPSA) is 16.4 Å². The Labute approximate surface area is 106 Å². The number of halogens is 1. The van der Waals surface area contributed by atoms with Gasteiger partial charge in [0.25, 0.3) is 0 Å². The summed E-state index contributed by atoms with van der Waals surface area (Å²) in [6.07, 6.45) is 5.12. The molecule has 0 amide bonds. The molecule has 1 aliphatic rings. The molecule has 0 bridgehead atoms. The van der Waals surface area contributed by atoms with E-state index >= 15 is 0 Å². The number of piperidine rings is 1. The van der Waals surface area contributed by atoms with Gasteiger partial charge in [0.05, 0.1) is 12.0 Å². The fourth-order valence-corrected chi connectivity index (χ4v) is 2.58. The zero-order valence-electron chi connectivity index (χ0n) is 10.2. The number of benzene rings is 1. The lowest BCUT2D eigenvalue weighted by Gasteiger charge is -2.30. The minimum absolute atomic E-state index is 0.161. The van der Waals surface area contributed by atoms with Crippen molar-refractivity contribution in [3.63, 3.8) is 0 Å². The van der Waals surface area contributed by atoms with Crippen molar-refractivity contribution in [2.75, 3.05) is 18.0 Å². The van der Waals surface area contributed by atoms with Crippen LogP contribution in [0.3, 0.4) is 0 Å². The van der Waals surface area contributed by atoms with Crippen molar-refractivity contribution < 1.29 is 8.81 Å². The number of rotatable bonds is 2. The molecular weight excluding hydrogens is 229 g/mol. The minimum atomic E-state index is -0.161. The number of hydrogen-bond donors (Lipinski definition) is 0. The van der Waals surface area contributed by atoms with Crippen molar-refractivity contribution in [3.8, 4) is 11.3 Å². The quantitative estimate of drug-likeness (QED) is 0.792. The Bertz CT molecular complexity index is 515. The van der Waals surface area contributed by atoms with E-state index in [4.69, 9.17) is 4.42 Å². The van der Waals surface area contributed by atoms with Crippen LogP contribution in [0.1, 0.15) is 19.3 Å². The number of anilines is 1. The predicted octanol–water partition coefficient (Wildman–Crippen LogP) is 4.08. The third-order valence-corrected chi connectivity index (χ3v) is 3.45. The van der Waals surface area contributed by atoms with Crippen molar-refractivity contribution >= 4 is 5.69 Å². The van der Waals surface area contributed by atoms with Crippen molar-refractivity contribution in [3.05, 3.63) is 42.4 Å². The Hall–Kier alpha value is -1.77. The summed E-state index contributed by atoms with van der Waals surface area (Å²) in [4.78, 5) is 2.14. The molecule has 0 radical (unpaired) electrons. The number of para-hydroxylation sites is 1. The van der Waals surface area contributed by atoms with E-state index in [-0.39, 0.29) is 5.82 Å². The first kappa shape index (κ1) is 11.3.